The van der Waals surface area contributed by atoms with Gasteiger partial charge in [0, 0.05) is 6.20 Å². The Morgan fingerprint density at radius 3 is 2.83 bits per heavy atom. The minimum Gasteiger partial charge on any atom is -0.296 e. The van der Waals surface area contributed by atoms with Crippen LogP contribution in [0.25, 0.3) is 5.82 Å². The zero-order chi connectivity index (χ0) is 16.4. The van der Waals surface area contributed by atoms with Gasteiger partial charge in [-0.25, -0.2) is 18.4 Å². The maximum atomic E-state index is 12.5. The predicted molar refractivity (Wildman–Crippen MR) is 78.9 cm³/mol. The predicted octanol–water partition coefficient (Wildman–Crippen LogP) is 2.62. The maximum absolute atomic E-state index is 12.5. The first-order chi connectivity index (χ1) is 11.1. The number of aromatic nitrogens is 5. The molecule has 3 aromatic heterocycles. The van der Waals surface area contributed by atoms with Gasteiger partial charge in [-0.2, -0.15) is 5.10 Å². The molecule has 0 radical (unpaired) electrons. The highest BCUT2D eigenvalue weighted by Crippen LogP contribution is 2.25. The summed E-state index contributed by atoms with van der Waals surface area (Å²) in [6, 6.07) is 5.32. The van der Waals surface area contributed by atoms with Gasteiger partial charge in [-0.05, 0) is 19.1 Å². The second-order valence-corrected chi connectivity index (χ2v) is 5.45. The van der Waals surface area contributed by atoms with Crippen molar-refractivity contribution in [3.8, 4) is 5.82 Å². The fourth-order valence-corrected chi connectivity index (χ4v) is 2.47. The van der Waals surface area contributed by atoms with Crippen molar-refractivity contribution in [3.63, 3.8) is 0 Å². The first kappa shape index (κ1) is 15.2. The van der Waals surface area contributed by atoms with Crippen molar-refractivity contribution in [2.75, 3.05) is 5.32 Å². The zero-order valence-electron chi connectivity index (χ0n) is 11.8. The van der Waals surface area contributed by atoms with Gasteiger partial charge < -0.3 is 0 Å². The van der Waals surface area contributed by atoms with Crippen LogP contribution in [0.5, 0.6) is 0 Å². The summed E-state index contributed by atoms with van der Waals surface area (Å²) in [6.45, 7) is 1.71. The SMILES string of the molecule is Cc1c(C(=O)Nc2nnc(C(F)F)s2)cnn1-c1ccccn1. The number of alkyl halides is 2. The lowest BCUT2D eigenvalue weighted by Gasteiger charge is -2.04. The number of nitrogens with zero attached hydrogens (tertiary/aromatic N) is 5. The van der Waals surface area contributed by atoms with E-state index in [9.17, 15) is 13.6 Å². The second-order valence-electron chi connectivity index (χ2n) is 4.44. The third-order valence-electron chi connectivity index (χ3n) is 2.97. The number of halogens is 2. The Balaban J connectivity index is 1.81. The van der Waals surface area contributed by atoms with E-state index in [1.807, 2.05) is 0 Å². The molecule has 1 amide bonds. The number of pyridine rings is 1. The van der Waals surface area contributed by atoms with E-state index in [2.05, 4.69) is 25.6 Å². The summed E-state index contributed by atoms with van der Waals surface area (Å²) in [5, 5.41) is 13.0. The van der Waals surface area contributed by atoms with E-state index in [0.29, 0.717) is 28.4 Å². The van der Waals surface area contributed by atoms with E-state index < -0.39 is 17.3 Å². The molecule has 0 aliphatic heterocycles. The van der Waals surface area contributed by atoms with Crippen LogP contribution in [0.2, 0.25) is 0 Å². The summed E-state index contributed by atoms with van der Waals surface area (Å²) >= 11 is 0.629. The largest absolute Gasteiger partial charge is 0.296 e. The average Bonchev–Trinajstić information content (AvgIpc) is 3.15. The van der Waals surface area contributed by atoms with Crippen LogP contribution in [-0.2, 0) is 0 Å². The minimum absolute atomic E-state index is 0.00952. The summed E-state index contributed by atoms with van der Waals surface area (Å²) in [5.41, 5.74) is 0.865. The molecule has 7 nitrogen and oxygen atoms in total. The summed E-state index contributed by atoms with van der Waals surface area (Å²) < 4.78 is 26.5. The zero-order valence-corrected chi connectivity index (χ0v) is 12.6. The van der Waals surface area contributed by atoms with E-state index in [-0.39, 0.29) is 5.13 Å². The van der Waals surface area contributed by atoms with Gasteiger partial charge in [0.25, 0.3) is 12.3 Å². The van der Waals surface area contributed by atoms with Crippen molar-refractivity contribution in [3.05, 3.63) is 46.9 Å². The smallest absolute Gasteiger partial charge is 0.291 e. The van der Waals surface area contributed by atoms with Gasteiger partial charge in [0.2, 0.25) is 5.13 Å². The number of carbonyl (C=O) groups is 1. The molecule has 0 unspecified atom stereocenters. The number of rotatable bonds is 4. The highest BCUT2D eigenvalue weighted by Gasteiger charge is 2.19. The summed E-state index contributed by atoms with van der Waals surface area (Å²) in [6.07, 6.45) is 0.282. The van der Waals surface area contributed by atoms with E-state index >= 15 is 0 Å². The Morgan fingerprint density at radius 1 is 1.35 bits per heavy atom. The molecule has 0 aliphatic rings. The monoisotopic (exact) mass is 336 g/mol. The maximum Gasteiger partial charge on any atom is 0.291 e. The Morgan fingerprint density at radius 2 is 2.17 bits per heavy atom. The molecule has 0 saturated heterocycles. The van der Waals surface area contributed by atoms with Gasteiger partial charge in [-0.1, -0.05) is 17.4 Å². The van der Waals surface area contributed by atoms with Crippen LogP contribution in [0, 0.1) is 6.92 Å². The topological polar surface area (TPSA) is 85.6 Å². The molecule has 0 saturated carbocycles. The number of hydrogen-bond donors (Lipinski definition) is 1. The Kier molecular flexibility index (Phi) is 4.06. The average molecular weight is 336 g/mol. The molecule has 10 heteroatoms. The van der Waals surface area contributed by atoms with Crippen molar-refractivity contribution in [2.24, 2.45) is 0 Å². The van der Waals surface area contributed by atoms with Crippen LogP contribution in [0.15, 0.2) is 30.6 Å². The fraction of sp³-hybridized carbons (Fsp3) is 0.154. The molecule has 23 heavy (non-hydrogen) atoms. The molecule has 118 valence electrons. The second kappa shape index (κ2) is 6.16. The molecule has 3 heterocycles. The molecular weight excluding hydrogens is 326 g/mol. The van der Waals surface area contributed by atoms with Crippen molar-refractivity contribution >= 4 is 22.4 Å². The molecule has 0 aliphatic carbocycles. The molecule has 3 rings (SSSR count). The number of nitrogens with one attached hydrogen (secondary N) is 1. The number of anilines is 1. The summed E-state index contributed by atoms with van der Waals surface area (Å²) in [5.74, 6) is 0.0709. The summed E-state index contributed by atoms with van der Waals surface area (Å²) in [4.78, 5) is 16.4. The highest BCUT2D eigenvalue weighted by molar-refractivity contribution is 7.15. The van der Waals surface area contributed by atoms with Crippen LogP contribution in [-0.4, -0.2) is 30.9 Å². The normalized spacial score (nSPS) is 11.0. The highest BCUT2D eigenvalue weighted by atomic mass is 32.1. The molecule has 0 fully saturated rings. The van der Waals surface area contributed by atoms with E-state index in [1.54, 1.807) is 31.3 Å². The molecule has 0 atom stereocenters. The number of amides is 1. The molecule has 3 aromatic rings. The lowest BCUT2D eigenvalue weighted by Crippen LogP contribution is -2.13. The minimum atomic E-state index is -2.72. The van der Waals surface area contributed by atoms with Crippen LogP contribution < -0.4 is 5.32 Å². The molecule has 0 spiro atoms. The van der Waals surface area contributed by atoms with Gasteiger partial charge >= 0.3 is 0 Å². The summed E-state index contributed by atoms with van der Waals surface area (Å²) in [7, 11) is 0. The van der Waals surface area contributed by atoms with Crippen molar-refractivity contribution in [2.45, 2.75) is 13.3 Å². The van der Waals surface area contributed by atoms with Crippen LogP contribution >= 0.6 is 11.3 Å². The van der Waals surface area contributed by atoms with Gasteiger partial charge in [-0.3, -0.25) is 10.1 Å². The van der Waals surface area contributed by atoms with Gasteiger partial charge in [0.05, 0.1) is 17.5 Å². The standard InChI is InChI=1S/C13H10F2N6OS/c1-7-8(6-17-21(7)9-4-2-3-5-16-9)11(22)18-13-20-19-12(23-13)10(14)15/h2-6,10H,1H3,(H,18,20,22). The lowest BCUT2D eigenvalue weighted by atomic mass is 10.2. The van der Waals surface area contributed by atoms with E-state index in [0.717, 1.165) is 0 Å². The van der Waals surface area contributed by atoms with Gasteiger partial charge in [0.15, 0.2) is 10.8 Å². The van der Waals surface area contributed by atoms with Crippen LogP contribution in [0.4, 0.5) is 13.9 Å². The molecule has 0 bridgehead atoms. The Bertz CT molecular complexity index is 832. The number of carbonyl (C=O) groups excluding carboxylic acids is 1. The third kappa shape index (κ3) is 3.06. The van der Waals surface area contributed by atoms with Crippen molar-refractivity contribution in [1.29, 1.82) is 0 Å². The van der Waals surface area contributed by atoms with Gasteiger partial charge in [0.1, 0.15) is 0 Å². The Hall–Kier alpha value is -2.75. The molecule has 1 N–H and O–H groups in total. The van der Waals surface area contributed by atoms with Crippen molar-refractivity contribution in [1.82, 2.24) is 25.0 Å². The lowest BCUT2D eigenvalue weighted by molar-refractivity contribution is 0.102. The van der Waals surface area contributed by atoms with Gasteiger partial charge in [-0.15, -0.1) is 10.2 Å². The van der Waals surface area contributed by atoms with E-state index in [1.165, 1.54) is 10.9 Å². The molecule has 0 aromatic carbocycles. The first-order valence-corrected chi connectivity index (χ1v) is 7.27. The van der Waals surface area contributed by atoms with Crippen LogP contribution in [0.1, 0.15) is 27.5 Å². The Labute approximate surface area is 133 Å². The fourth-order valence-electron chi connectivity index (χ4n) is 1.88. The van der Waals surface area contributed by atoms with Crippen LogP contribution in [0.3, 0.4) is 0 Å². The third-order valence-corrected chi connectivity index (χ3v) is 3.81. The van der Waals surface area contributed by atoms with Crippen molar-refractivity contribution < 1.29 is 13.6 Å². The number of hydrogen-bond acceptors (Lipinski definition) is 6. The van der Waals surface area contributed by atoms with E-state index in [4.69, 9.17) is 0 Å². The first-order valence-electron chi connectivity index (χ1n) is 6.45. The molecular formula is C13H10F2N6OS. The quantitative estimate of drug-likeness (QED) is 0.791.